The molecule has 1 heterocycles. The predicted molar refractivity (Wildman–Crippen MR) is 178 cm³/mol. The van der Waals surface area contributed by atoms with Gasteiger partial charge in [-0.1, -0.05) is 121 Å². The summed E-state index contributed by atoms with van der Waals surface area (Å²) in [6.07, 6.45) is 0. The van der Waals surface area contributed by atoms with E-state index in [9.17, 15) is 0 Å². The molecule has 0 atom stereocenters. The zero-order valence-corrected chi connectivity index (χ0v) is 22.8. The molecule has 0 aliphatic rings. The van der Waals surface area contributed by atoms with Crippen molar-refractivity contribution in [3.63, 3.8) is 0 Å². The Morgan fingerprint density at radius 2 is 1.02 bits per heavy atom. The van der Waals surface area contributed by atoms with Crippen molar-refractivity contribution in [1.82, 2.24) is 0 Å². The van der Waals surface area contributed by atoms with Crippen molar-refractivity contribution < 1.29 is 4.42 Å². The van der Waals surface area contributed by atoms with E-state index < -0.39 is 0 Å². The number of rotatable bonds is 4. The van der Waals surface area contributed by atoms with Gasteiger partial charge < -0.3 is 9.32 Å². The second kappa shape index (κ2) is 8.95. The van der Waals surface area contributed by atoms with Crippen molar-refractivity contribution in [2.75, 3.05) is 4.90 Å². The highest BCUT2D eigenvalue weighted by Gasteiger charge is 2.22. The minimum absolute atomic E-state index is 0.886. The van der Waals surface area contributed by atoms with E-state index in [2.05, 4.69) is 144 Å². The summed E-state index contributed by atoms with van der Waals surface area (Å²) >= 11 is 0. The monoisotopic (exact) mass is 535 g/mol. The number of anilines is 3. The average Bonchev–Trinajstić information content (AvgIpc) is 3.45. The molecule has 42 heavy (non-hydrogen) atoms. The van der Waals surface area contributed by atoms with Crippen molar-refractivity contribution in [2.45, 2.75) is 0 Å². The fourth-order valence-electron chi connectivity index (χ4n) is 6.66. The van der Waals surface area contributed by atoms with Gasteiger partial charge in [0.05, 0.1) is 11.4 Å². The lowest BCUT2D eigenvalue weighted by Gasteiger charge is -2.28. The average molecular weight is 536 g/mol. The summed E-state index contributed by atoms with van der Waals surface area (Å²) in [4.78, 5) is 2.37. The van der Waals surface area contributed by atoms with Gasteiger partial charge in [0, 0.05) is 21.8 Å². The molecule has 0 unspecified atom stereocenters. The van der Waals surface area contributed by atoms with Crippen LogP contribution in [0.5, 0.6) is 0 Å². The molecule has 0 N–H and O–H groups in total. The van der Waals surface area contributed by atoms with Gasteiger partial charge in [-0.05, 0) is 68.4 Å². The second-order valence-electron chi connectivity index (χ2n) is 10.9. The van der Waals surface area contributed by atoms with E-state index in [0.29, 0.717) is 0 Å². The lowest BCUT2D eigenvalue weighted by molar-refractivity contribution is 0.669. The Balaban J connectivity index is 1.35. The SMILES string of the molecule is c1ccc(-c2ccc(N(c3ccc4ccc5cccc6ccc3c4c56)c3cccc4c3oc3ccccc34)cc2)cc1. The maximum absolute atomic E-state index is 6.58. The number of furan rings is 1. The smallest absolute Gasteiger partial charge is 0.159 e. The molecule has 0 bridgehead atoms. The van der Waals surface area contributed by atoms with Crippen LogP contribution in [0.15, 0.2) is 156 Å². The first-order valence-corrected chi connectivity index (χ1v) is 14.4. The molecular weight excluding hydrogens is 510 g/mol. The lowest BCUT2D eigenvalue weighted by atomic mass is 9.93. The van der Waals surface area contributed by atoms with Gasteiger partial charge in [-0.2, -0.15) is 0 Å². The number of hydrogen-bond acceptors (Lipinski definition) is 2. The number of nitrogens with zero attached hydrogens (tertiary/aromatic N) is 1. The molecule has 0 aliphatic carbocycles. The normalized spacial score (nSPS) is 11.8. The minimum Gasteiger partial charge on any atom is -0.454 e. The first kappa shape index (κ1) is 23.1. The van der Waals surface area contributed by atoms with E-state index in [4.69, 9.17) is 4.42 Å². The first-order chi connectivity index (χ1) is 20.8. The standard InChI is InChI=1S/C40H25NO/c1-2-8-26(9-3-1)27-18-22-31(23-19-27)41(36-14-7-13-33-32-12-4-5-15-37(32)42-40(33)36)35-25-21-30-17-16-28-10-6-11-29-20-24-34(35)39(30)38(28)29/h1-25H. The van der Waals surface area contributed by atoms with Crippen molar-refractivity contribution >= 4 is 71.3 Å². The molecule has 2 nitrogen and oxygen atoms in total. The van der Waals surface area contributed by atoms with Gasteiger partial charge >= 0.3 is 0 Å². The van der Waals surface area contributed by atoms with Crippen LogP contribution in [0.4, 0.5) is 17.1 Å². The summed E-state index contributed by atoms with van der Waals surface area (Å²) in [6.45, 7) is 0. The Bertz CT molecular complexity index is 2380. The molecule has 0 radical (unpaired) electrons. The molecule has 0 aliphatic heterocycles. The highest BCUT2D eigenvalue weighted by atomic mass is 16.3. The van der Waals surface area contributed by atoms with E-state index in [-0.39, 0.29) is 0 Å². The van der Waals surface area contributed by atoms with Crippen LogP contribution in [0.2, 0.25) is 0 Å². The summed E-state index contributed by atoms with van der Waals surface area (Å²) < 4.78 is 6.58. The quantitative estimate of drug-likeness (QED) is 0.208. The fourth-order valence-corrected chi connectivity index (χ4v) is 6.66. The summed E-state index contributed by atoms with van der Waals surface area (Å²) in [5.74, 6) is 0. The molecule has 0 saturated heterocycles. The Labute approximate surface area is 243 Å². The summed E-state index contributed by atoms with van der Waals surface area (Å²) in [6, 6.07) is 54.3. The Morgan fingerprint density at radius 1 is 0.381 bits per heavy atom. The Hall–Kier alpha value is -5.60. The zero-order valence-electron chi connectivity index (χ0n) is 22.8. The maximum Gasteiger partial charge on any atom is 0.159 e. The van der Waals surface area contributed by atoms with Crippen LogP contribution < -0.4 is 4.90 Å². The van der Waals surface area contributed by atoms with Gasteiger partial charge in [0.2, 0.25) is 0 Å². The van der Waals surface area contributed by atoms with Crippen molar-refractivity contribution in [1.29, 1.82) is 0 Å². The molecule has 2 heteroatoms. The third-order valence-corrected chi connectivity index (χ3v) is 8.60. The van der Waals surface area contributed by atoms with Crippen LogP contribution >= 0.6 is 0 Å². The molecule has 0 fully saturated rings. The lowest BCUT2D eigenvalue weighted by Crippen LogP contribution is -2.11. The molecule has 0 amide bonds. The third-order valence-electron chi connectivity index (χ3n) is 8.60. The van der Waals surface area contributed by atoms with Crippen molar-refractivity contribution in [2.24, 2.45) is 0 Å². The van der Waals surface area contributed by atoms with E-state index in [1.54, 1.807) is 0 Å². The van der Waals surface area contributed by atoms with Crippen LogP contribution in [0.25, 0.3) is 65.4 Å². The van der Waals surface area contributed by atoms with Crippen LogP contribution in [-0.2, 0) is 0 Å². The van der Waals surface area contributed by atoms with E-state index in [0.717, 1.165) is 39.0 Å². The second-order valence-corrected chi connectivity index (χ2v) is 10.9. The Morgan fingerprint density at radius 3 is 1.86 bits per heavy atom. The minimum atomic E-state index is 0.886. The van der Waals surface area contributed by atoms with Crippen LogP contribution in [-0.4, -0.2) is 0 Å². The van der Waals surface area contributed by atoms with Gasteiger partial charge in [0.1, 0.15) is 5.58 Å². The first-order valence-electron chi connectivity index (χ1n) is 14.4. The summed E-state index contributed by atoms with van der Waals surface area (Å²) in [5.41, 5.74) is 7.41. The molecule has 9 rings (SSSR count). The Kier molecular flexibility index (Phi) is 4.93. The van der Waals surface area contributed by atoms with Crippen LogP contribution in [0, 0.1) is 0 Å². The van der Waals surface area contributed by atoms with Gasteiger partial charge in [-0.25, -0.2) is 0 Å². The van der Waals surface area contributed by atoms with Gasteiger partial charge in [0.15, 0.2) is 5.58 Å². The molecular formula is C40H25NO. The van der Waals surface area contributed by atoms with Gasteiger partial charge in [-0.15, -0.1) is 0 Å². The topological polar surface area (TPSA) is 16.4 Å². The van der Waals surface area contributed by atoms with Crippen molar-refractivity contribution in [3.05, 3.63) is 152 Å². The molecule has 0 spiro atoms. The van der Waals surface area contributed by atoms with E-state index in [1.165, 1.54) is 43.4 Å². The van der Waals surface area contributed by atoms with Crippen LogP contribution in [0.1, 0.15) is 0 Å². The molecule has 9 aromatic rings. The number of fused-ring (bicyclic) bond motifs is 3. The summed E-state index contributed by atoms with van der Waals surface area (Å²) in [5, 5.41) is 9.86. The zero-order chi connectivity index (χ0) is 27.6. The van der Waals surface area contributed by atoms with E-state index in [1.807, 2.05) is 12.1 Å². The molecule has 1 aromatic heterocycles. The number of hydrogen-bond donors (Lipinski definition) is 0. The van der Waals surface area contributed by atoms with Gasteiger partial charge in [0.25, 0.3) is 0 Å². The fraction of sp³-hybridized carbons (Fsp3) is 0. The predicted octanol–water partition coefficient (Wildman–Crippen LogP) is 11.6. The largest absolute Gasteiger partial charge is 0.454 e. The van der Waals surface area contributed by atoms with Gasteiger partial charge in [-0.3, -0.25) is 0 Å². The molecule has 0 saturated carbocycles. The van der Waals surface area contributed by atoms with E-state index >= 15 is 0 Å². The number of para-hydroxylation sites is 2. The third kappa shape index (κ3) is 3.39. The maximum atomic E-state index is 6.58. The highest BCUT2D eigenvalue weighted by Crippen LogP contribution is 2.46. The molecule has 196 valence electrons. The number of benzene rings is 8. The van der Waals surface area contributed by atoms with Crippen LogP contribution in [0.3, 0.4) is 0 Å². The molecule has 8 aromatic carbocycles. The van der Waals surface area contributed by atoms with Crippen molar-refractivity contribution in [3.8, 4) is 11.1 Å². The highest BCUT2D eigenvalue weighted by molar-refractivity contribution is 6.26. The summed E-state index contributed by atoms with van der Waals surface area (Å²) in [7, 11) is 0.